The van der Waals surface area contributed by atoms with E-state index >= 15 is 0 Å². The number of nitrogens with zero attached hydrogens (tertiary/aromatic N) is 5. The fraction of sp³-hybridized carbons (Fsp3) is 0.160. The number of aryl methyl sites for hydroxylation is 1. The van der Waals surface area contributed by atoms with Gasteiger partial charge in [0, 0.05) is 45.2 Å². The van der Waals surface area contributed by atoms with Gasteiger partial charge in [-0.05, 0) is 35.9 Å². The van der Waals surface area contributed by atoms with Crippen LogP contribution >= 0.6 is 23.2 Å². The maximum atomic E-state index is 12.8. The van der Waals surface area contributed by atoms with E-state index in [1.165, 1.54) is 0 Å². The van der Waals surface area contributed by atoms with E-state index in [1.54, 1.807) is 43.4 Å². The molecule has 3 N–H and O–H groups in total. The first kappa shape index (κ1) is 28.6. The van der Waals surface area contributed by atoms with Crippen LogP contribution in [-0.2, 0) is 12.7 Å². The van der Waals surface area contributed by atoms with Crippen LogP contribution in [0.25, 0.3) is 5.70 Å². The first-order valence-corrected chi connectivity index (χ1v) is 11.7. The highest BCUT2D eigenvalue weighted by molar-refractivity contribution is 6.36. The summed E-state index contributed by atoms with van der Waals surface area (Å²) in [5.41, 5.74) is 3.99. The lowest BCUT2D eigenvalue weighted by Gasteiger charge is -2.20. The molecular weight excluding hydrogens is 540 g/mol. The number of halogens is 5. The standard InChI is InChI=1S/C25H23Cl2F3N8/c1-13-10-17(26)11-19(16(4)32-5)22(13)33-15(3)14(2)23(18-8-6-7-9-20(18)27)34-21(31)12-38-36-24(35-37-38)25(28,29)30/h6-11,31-33H,2-4,12H2,1,5H3. The van der Waals surface area contributed by atoms with E-state index in [4.69, 9.17) is 28.6 Å². The summed E-state index contributed by atoms with van der Waals surface area (Å²) >= 11 is 12.7. The van der Waals surface area contributed by atoms with Gasteiger partial charge >= 0.3 is 6.18 Å². The fourth-order valence-corrected chi connectivity index (χ4v) is 3.82. The first-order valence-electron chi connectivity index (χ1n) is 10.9. The minimum atomic E-state index is -4.76. The van der Waals surface area contributed by atoms with Crippen molar-refractivity contribution in [3.05, 3.63) is 100.0 Å². The van der Waals surface area contributed by atoms with Crippen LogP contribution in [0.5, 0.6) is 0 Å². The zero-order valence-corrected chi connectivity index (χ0v) is 21.9. The Labute approximate surface area is 227 Å². The minimum Gasteiger partial charge on any atom is -0.388 e. The Morgan fingerprint density at radius 3 is 2.42 bits per heavy atom. The third kappa shape index (κ3) is 6.67. The highest BCUT2D eigenvalue weighted by Gasteiger charge is 2.36. The molecule has 0 spiro atoms. The predicted molar refractivity (Wildman–Crippen MR) is 145 cm³/mol. The normalized spacial score (nSPS) is 11.7. The smallest absolute Gasteiger partial charge is 0.388 e. The van der Waals surface area contributed by atoms with Gasteiger partial charge < -0.3 is 10.6 Å². The average Bonchev–Trinajstić information content (AvgIpc) is 3.32. The third-order valence-electron chi connectivity index (χ3n) is 5.23. The third-order valence-corrected chi connectivity index (χ3v) is 5.77. The highest BCUT2D eigenvalue weighted by Crippen LogP contribution is 2.32. The summed E-state index contributed by atoms with van der Waals surface area (Å²) in [6.45, 7) is 13.6. The molecule has 198 valence electrons. The quantitative estimate of drug-likeness (QED) is 0.165. The van der Waals surface area contributed by atoms with Crippen LogP contribution in [-0.4, -0.2) is 38.8 Å². The van der Waals surface area contributed by atoms with Crippen molar-refractivity contribution in [1.82, 2.24) is 25.5 Å². The van der Waals surface area contributed by atoms with E-state index in [2.05, 4.69) is 50.8 Å². The van der Waals surface area contributed by atoms with E-state index in [-0.39, 0.29) is 17.1 Å². The highest BCUT2D eigenvalue weighted by atomic mass is 35.5. The lowest BCUT2D eigenvalue weighted by Crippen LogP contribution is -2.18. The number of nitrogens with one attached hydrogen (secondary N) is 3. The molecule has 0 radical (unpaired) electrons. The predicted octanol–water partition coefficient (Wildman–Crippen LogP) is 6.15. The van der Waals surface area contributed by atoms with Crippen molar-refractivity contribution in [1.29, 1.82) is 5.41 Å². The second-order valence-corrected chi connectivity index (χ2v) is 8.83. The van der Waals surface area contributed by atoms with Gasteiger partial charge in [0.2, 0.25) is 0 Å². The molecule has 0 saturated carbocycles. The van der Waals surface area contributed by atoms with Gasteiger partial charge in [0.1, 0.15) is 12.4 Å². The fourth-order valence-electron chi connectivity index (χ4n) is 3.32. The van der Waals surface area contributed by atoms with Crippen LogP contribution in [0.2, 0.25) is 10.0 Å². The summed E-state index contributed by atoms with van der Waals surface area (Å²) in [6, 6.07) is 10.2. The van der Waals surface area contributed by atoms with Gasteiger partial charge in [-0.2, -0.15) is 18.0 Å². The summed E-state index contributed by atoms with van der Waals surface area (Å²) in [5.74, 6) is -1.79. The maximum Gasteiger partial charge on any atom is 0.455 e. The number of allylic oxidation sites excluding steroid dienone is 1. The number of anilines is 1. The molecule has 3 aromatic rings. The van der Waals surface area contributed by atoms with Crippen molar-refractivity contribution in [2.75, 3.05) is 12.4 Å². The molecule has 38 heavy (non-hydrogen) atoms. The van der Waals surface area contributed by atoms with Crippen molar-refractivity contribution in [3.8, 4) is 0 Å². The number of hydrogen-bond donors (Lipinski definition) is 3. The molecular formula is C25H23Cl2F3N8. The summed E-state index contributed by atoms with van der Waals surface area (Å²) in [4.78, 5) is 4.93. The summed E-state index contributed by atoms with van der Waals surface area (Å²) in [7, 11) is 1.73. The monoisotopic (exact) mass is 562 g/mol. The van der Waals surface area contributed by atoms with Crippen molar-refractivity contribution in [3.63, 3.8) is 0 Å². The molecule has 0 unspecified atom stereocenters. The Bertz CT molecular complexity index is 1460. The van der Waals surface area contributed by atoms with Gasteiger partial charge in [0.25, 0.3) is 5.82 Å². The van der Waals surface area contributed by atoms with Crippen LogP contribution < -0.4 is 10.6 Å². The molecule has 0 atom stereocenters. The number of amidine groups is 1. The Balaban J connectivity index is 1.97. The van der Waals surface area contributed by atoms with E-state index in [9.17, 15) is 13.2 Å². The van der Waals surface area contributed by atoms with Crippen molar-refractivity contribution < 1.29 is 13.2 Å². The van der Waals surface area contributed by atoms with Gasteiger partial charge in [-0.1, -0.05) is 61.1 Å². The Morgan fingerprint density at radius 1 is 1.13 bits per heavy atom. The van der Waals surface area contributed by atoms with Crippen LogP contribution in [0.15, 0.2) is 72.4 Å². The van der Waals surface area contributed by atoms with Gasteiger partial charge in [-0.25, -0.2) is 4.99 Å². The van der Waals surface area contributed by atoms with Crippen LogP contribution in [0.1, 0.15) is 22.5 Å². The average molecular weight is 563 g/mol. The topological polar surface area (TPSA) is 104 Å². The van der Waals surface area contributed by atoms with E-state index < -0.39 is 18.5 Å². The molecule has 2 aromatic carbocycles. The van der Waals surface area contributed by atoms with Crippen molar-refractivity contribution >= 4 is 46.1 Å². The lowest BCUT2D eigenvalue weighted by atomic mass is 9.99. The molecule has 1 aromatic heterocycles. The zero-order chi connectivity index (χ0) is 28.2. The van der Waals surface area contributed by atoms with Crippen molar-refractivity contribution in [2.24, 2.45) is 4.99 Å². The minimum absolute atomic E-state index is 0.176. The Kier molecular flexibility index (Phi) is 8.74. The van der Waals surface area contributed by atoms with Gasteiger partial charge in [0.15, 0.2) is 0 Å². The van der Waals surface area contributed by atoms with Gasteiger partial charge in [-0.15, -0.1) is 10.2 Å². The molecule has 0 aliphatic carbocycles. The maximum absolute atomic E-state index is 12.8. The molecule has 0 fully saturated rings. The molecule has 0 bridgehead atoms. The molecule has 0 saturated heterocycles. The SMILES string of the molecule is C=C(Nc1c(C)cc(Cl)cc1C(=C)NC)C(=C)C(=NC(=N)Cn1nnc(C(F)(F)F)n1)c1ccccc1Cl. The summed E-state index contributed by atoms with van der Waals surface area (Å²) in [6.07, 6.45) is -4.76. The van der Waals surface area contributed by atoms with E-state index in [1.807, 2.05) is 6.92 Å². The molecule has 8 nitrogen and oxygen atoms in total. The number of rotatable bonds is 9. The van der Waals surface area contributed by atoms with Crippen LogP contribution in [0.3, 0.4) is 0 Å². The Hall–Kier alpha value is -3.96. The second kappa shape index (κ2) is 11.6. The number of aliphatic imine (C=N–C) groups is 1. The van der Waals surface area contributed by atoms with E-state index in [0.29, 0.717) is 43.1 Å². The summed E-state index contributed by atoms with van der Waals surface area (Å²) < 4.78 is 38.5. The first-order chi connectivity index (χ1) is 17.8. The van der Waals surface area contributed by atoms with Crippen molar-refractivity contribution in [2.45, 2.75) is 19.6 Å². The Morgan fingerprint density at radius 2 is 1.82 bits per heavy atom. The lowest BCUT2D eigenvalue weighted by molar-refractivity contribution is -0.145. The molecule has 1 heterocycles. The zero-order valence-electron chi connectivity index (χ0n) is 20.4. The molecule has 0 aliphatic heterocycles. The second-order valence-electron chi connectivity index (χ2n) is 7.98. The van der Waals surface area contributed by atoms with Gasteiger partial charge in [0.05, 0.1) is 11.4 Å². The number of hydrogen-bond acceptors (Lipinski definition) is 6. The number of benzene rings is 2. The van der Waals surface area contributed by atoms with E-state index in [0.717, 1.165) is 5.56 Å². The molecule has 3 rings (SSSR count). The number of aromatic nitrogens is 4. The largest absolute Gasteiger partial charge is 0.455 e. The van der Waals surface area contributed by atoms with Crippen LogP contribution in [0.4, 0.5) is 18.9 Å². The molecule has 0 aliphatic rings. The molecule has 13 heteroatoms. The number of alkyl halides is 3. The molecule has 0 amide bonds. The van der Waals surface area contributed by atoms with Gasteiger partial charge in [-0.3, -0.25) is 5.41 Å². The number of tetrazole rings is 1. The summed E-state index contributed by atoms with van der Waals surface area (Å²) in [5, 5.41) is 24.9. The van der Waals surface area contributed by atoms with Crippen LogP contribution in [0, 0.1) is 12.3 Å².